The third kappa shape index (κ3) is 3.47. The zero-order valence-electron chi connectivity index (χ0n) is 12.1. The Morgan fingerprint density at radius 2 is 2.25 bits per heavy atom. The van der Waals surface area contributed by atoms with E-state index in [1.54, 1.807) is 0 Å². The zero-order chi connectivity index (χ0) is 14.8. The van der Waals surface area contributed by atoms with Crippen LogP contribution in [0.25, 0.3) is 0 Å². The average Bonchev–Trinajstić information content (AvgIpc) is 2.97. The summed E-state index contributed by atoms with van der Waals surface area (Å²) in [6, 6.07) is 0. The van der Waals surface area contributed by atoms with Crippen molar-refractivity contribution in [2.45, 2.75) is 51.7 Å². The standard InChI is InChI=1S/C13H21N3O4/c1-13(2,3)11-15-20-12(18)16(11)8-10(17)14-7-9-5-4-6-19-9/h9H,4-8H2,1-3H3,(H,14,17). The Bertz CT molecular complexity index is 520. The van der Waals surface area contributed by atoms with Crippen LogP contribution in [0.3, 0.4) is 0 Å². The predicted octanol–water partition coefficient (Wildman–Crippen LogP) is 0.429. The summed E-state index contributed by atoms with van der Waals surface area (Å²) in [5, 5.41) is 6.52. The number of amides is 1. The van der Waals surface area contributed by atoms with Gasteiger partial charge in [0, 0.05) is 18.6 Å². The molecule has 1 fully saturated rings. The van der Waals surface area contributed by atoms with E-state index in [-0.39, 0.29) is 24.0 Å². The third-order valence-corrected chi connectivity index (χ3v) is 3.21. The minimum absolute atomic E-state index is 0.0817. The Morgan fingerprint density at radius 1 is 1.50 bits per heavy atom. The Kier molecular flexibility index (Phi) is 4.27. The number of aromatic nitrogens is 2. The molecule has 0 saturated carbocycles. The first-order chi connectivity index (χ1) is 9.38. The van der Waals surface area contributed by atoms with E-state index in [9.17, 15) is 9.59 Å². The summed E-state index contributed by atoms with van der Waals surface area (Å²) < 4.78 is 11.3. The van der Waals surface area contributed by atoms with Crippen molar-refractivity contribution in [1.29, 1.82) is 0 Å². The van der Waals surface area contributed by atoms with Crippen LogP contribution in [0.15, 0.2) is 9.32 Å². The molecule has 20 heavy (non-hydrogen) atoms. The van der Waals surface area contributed by atoms with Crippen molar-refractivity contribution in [2.24, 2.45) is 0 Å². The van der Waals surface area contributed by atoms with Gasteiger partial charge < -0.3 is 10.1 Å². The molecular formula is C13H21N3O4. The van der Waals surface area contributed by atoms with Crippen molar-refractivity contribution in [1.82, 2.24) is 15.0 Å². The topological polar surface area (TPSA) is 86.4 Å². The van der Waals surface area contributed by atoms with Gasteiger partial charge >= 0.3 is 5.76 Å². The lowest BCUT2D eigenvalue weighted by Gasteiger charge is -2.17. The number of carbonyl (C=O) groups is 1. The van der Waals surface area contributed by atoms with Gasteiger partial charge in [-0.05, 0) is 12.8 Å². The summed E-state index contributed by atoms with van der Waals surface area (Å²) in [5.74, 6) is -0.381. The lowest BCUT2D eigenvalue weighted by atomic mass is 9.96. The molecule has 2 heterocycles. The van der Waals surface area contributed by atoms with Gasteiger partial charge in [-0.3, -0.25) is 13.9 Å². The summed E-state index contributed by atoms with van der Waals surface area (Å²) in [6.45, 7) is 6.87. The first kappa shape index (κ1) is 14.8. The van der Waals surface area contributed by atoms with Gasteiger partial charge in [0.2, 0.25) is 5.91 Å². The highest BCUT2D eigenvalue weighted by atomic mass is 16.5. The molecule has 2 rings (SSSR count). The summed E-state index contributed by atoms with van der Waals surface area (Å²) >= 11 is 0. The number of hydrogen-bond donors (Lipinski definition) is 1. The van der Waals surface area contributed by atoms with Gasteiger partial charge in [0.15, 0.2) is 5.82 Å². The number of nitrogens with one attached hydrogen (secondary N) is 1. The molecule has 1 amide bonds. The third-order valence-electron chi connectivity index (χ3n) is 3.21. The summed E-state index contributed by atoms with van der Waals surface area (Å²) in [6.07, 6.45) is 2.07. The summed E-state index contributed by atoms with van der Waals surface area (Å²) in [5.41, 5.74) is -0.360. The molecule has 112 valence electrons. The normalized spacial score (nSPS) is 19.2. The number of carbonyl (C=O) groups excluding carboxylic acids is 1. The summed E-state index contributed by atoms with van der Waals surface area (Å²) in [7, 11) is 0. The molecule has 0 bridgehead atoms. The maximum absolute atomic E-state index is 11.9. The van der Waals surface area contributed by atoms with Crippen LogP contribution in [0.1, 0.15) is 39.4 Å². The molecule has 1 unspecified atom stereocenters. The van der Waals surface area contributed by atoms with E-state index < -0.39 is 5.76 Å². The van der Waals surface area contributed by atoms with E-state index in [1.165, 1.54) is 4.57 Å². The molecular weight excluding hydrogens is 262 g/mol. The van der Waals surface area contributed by atoms with E-state index in [2.05, 4.69) is 15.0 Å². The van der Waals surface area contributed by atoms with Crippen LogP contribution in [0.4, 0.5) is 0 Å². The maximum atomic E-state index is 11.9. The molecule has 0 aromatic carbocycles. The van der Waals surface area contributed by atoms with Gasteiger partial charge in [-0.2, -0.15) is 0 Å². The lowest BCUT2D eigenvalue weighted by Crippen LogP contribution is -2.37. The molecule has 7 nitrogen and oxygen atoms in total. The fourth-order valence-electron chi connectivity index (χ4n) is 2.18. The van der Waals surface area contributed by atoms with Crippen LogP contribution in [-0.4, -0.2) is 34.9 Å². The van der Waals surface area contributed by atoms with Gasteiger partial charge in [0.1, 0.15) is 6.54 Å². The zero-order valence-corrected chi connectivity index (χ0v) is 12.1. The van der Waals surface area contributed by atoms with Crippen molar-refractivity contribution in [3.05, 3.63) is 16.4 Å². The van der Waals surface area contributed by atoms with Crippen LogP contribution in [0.5, 0.6) is 0 Å². The lowest BCUT2D eigenvalue weighted by molar-refractivity contribution is -0.122. The van der Waals surface area contributed by atoms with E-state index in [4.69, 9.17) is 4.74 Å². The Labute approximate surface area is 117 Å². The molecule has 1 aromatic heterocycles. The second-order valence-corrected chi connectivity index (χ2v) is 6.05. The van der Waals surface area contributed by atoms with Crippen LogP contribution in [0.2, 0.25) is 0 Å². The molecule has 7 heteroatoms. The monoisotopic (exact) mass is 283 g/mol. The van der Waals surface area contributed by atoms with E-state index in [0.29, 0.717) is 12.4 Å². The average molecular weight is 283 g/mol. The first-order valence-electron chi connectivity index (χ1n) is 6.83. The highest BCUT2D eigenvalue weighted by molar-refractivity contribution is 5.75. The van der Waals surface area contributed by atoms with Crippen LogP contribution in [-0.2, 0) is 21.5 Å². The van der Waals surface area contributed by atoms with E-state index in [0.717, 1.165) is 19.4 Å². The smallest absolute Gasteiger partial charge is 0.376 e. The van der Waals surface area contributed by atoms with Crippen LogP contribution >= 0.6 is 0 Å². The molecule has 1 saturated heterocycles. The SMILES string of the molecule is CC(C)(C)c1noc(=O)n1CC(=O)NCC1CCCO1. The number of nitrogens with zero attached hydrogens (tertiary/aromatic N) is 2. The molecule has 1 aliphatic heterocycles. The molecule has 0 aliphatic carbocycles. The van der Waals surface area contributed by atoms with Gasteiger partial charge in [-0.25, -0.2) is 4.79 Å². The number of hydrogen-bond acceptors (Lipinski definition) is 5. The van der Waals surface area contributed by atoms with Crippen molar-refractivity contribution in [2.75, 3.05) is 13.2 Å². The minimum atomic E-state index is -0.609. The van der Waals surface area contributed by atoms with Crippen molar-refractivity contribution in [3.8, 4) is 0 Å². The molecule has 1 aliphatic rings. The van der Waals surface area contributed by atoms with E-state index in [1.807, 2.05) is 20.8 Å². The number of ether oxygens (including phenoxy) is 1. The Morgan fingerprint density at radius 3 is 2.85 bits per heavy atom. The molecule has 1 N–H and O–H groups in total. The minimum Gasteiger partial charge on any atom is -0.376 e. The molecule has 0 radical (unpaired) electrons. The highest BCUT2D eigenvalue weighted by Gasteiger charge is 2.25. The van der Waals surface area contributed by atoms with Crippen molar-refractivity contribution in [3.63, 3.8) is 0 Å². The predicted molar refractivity (Wildman–Crippen MR) is 71.4 cm³/mol. The first-order valence-corrected chi connectivity index (χ1v) is 6.83. The largest absolute Gasteiger partial charge is 0.442 e. The Hall–Kier alpha value is -1.63. The summed E-state index contributed by atoms with van der Waals surface area (Å²) in [4.78, 5) is 23.5. The van der Waals surface area contributed by atoms with Crippen LogP contribution in [0, 0.1) is 0 Å². The maximum Gasteiger partial charge on any atom is 0.442 e. The second kappa shape index (κ2) is 5.78. The Balaban J connectivity index is 1.97. The van der Waals surface area contributed by atoms with Crippen molar-refractivity contribution >= 4 is 5.91 Å². The number of rotatable bonds is 4. The van der Waals surface area contributed by atoms with Crippen molar-refractivity contribution < 1.29 is 14.1 Å². The van der Waals surface area contributed by atoms with Gasteiger partial charge in [-0.1, -0.05) is 25.9 Å². The quantitative estimate of drug-likeness (QED) is 0.866. The van der Waals surface area contributed by atoms with Gasteiger partial charge in [0.05, 0.1) is 6.10 Å². The fourth-order valence-corrected chi connectivity index (χ4v) is 2.18. The van der Waals surface area contributed by atoms with Gasteiger partial charge in [-0.15, -0.1) is 0 Å². The molecule has 0 spiro atoms. The second-order valence-electron chi connectivity index (χ2n) is 6.05. The van der Waals surface area contributed by atoms with Gasteiger partial charge in [0.25, 0.3) is 0 Å². The molecule has 1 aromatic rings. The fraction of sp³-hybridized carbons (Fsp3) is 0.769. The molecule has 1 atom stereocenters. The van der Waals surface area contributed by atoms with E-state index >= 15 is 0 Å². The highest BCUT2D eigenvalue weighted by Crippen LogP contribution is 2.18. The van der Waals surface area contributed by atoms with Crippen LogP contribution < -0.4 is 11.1 Å².